The largest absolute Gasteiger partial charge is 0.442 e. The number of ether oxygens (including phenoxy) is 1. The van der Waals surface area contributed by atoms with Crippen LogP contribution in [0.2, 0.25) is 0 Å². The van der Waals surface area contributed by atoms with Gasteiger partial charge in [0.15, 0.2) is 0 Å². The van der Waals surface area contributed by atoms with Crippen LogP contribution < -0.4 is 4.90 Å². The SMILES string of the molecule is O=C1OC(Cn2ccnn2)CN1c1ccc(-c2ccc(C3=NOCC3)nc2)cc1. The molecule has 0 spiro atoms. The second-order valence-corrected chi connectivity index (χ2v) is 6.84. The Balaban J connectivity index is 1.28. The third-order valence-electron chi connectivity index (χ3n) is 4.91. The molecule has 9 heteroatoms. The number of cyclic esters (lactones) is 1. The molecule has 1 fully saturated rings. The van der Waals surface area contributed by atoms with Gasteiger partial charge in [-0.25, -0.2) is 9.48 Å². The summed E-state index contributed by atoms with van der Waals surface area (Å²) in [5, 5.41) is 11.7. The Hall–Kier alpha value is -3.75. The van der Waals surface area contributed by atoms with Crippen molar-refractivity contribution in [1.82, 2.24) is 20.0 Å². The molecule has 2 aliphatic heterocycles. The number of rotatable bonds is 5. The highest BCUT2D eigenvalue weighted by atomic mass is 16.6. The Bertz CT molecular complexity index is 1030. The number of anilines is 1. The molecule has 2 aromatic heterocycles. The number of carbonyl (C=O) groups excluding carboxylic acids is 1. The van der Waals surface area contributed by atoms with Gasteiger partial charge in [-0.1, -0.05) is 28.6 Å². The van der Waals surface area contributed by atoms with Gasteiger partial charge in [0.25, 0.3) is 0 Å². The van der Waals surface area contributed by atoms with Crippen molar-refractivity contribution >= 4 is 17.5 Å². The van der Waals surface area contributed by atoms with Gasteiger partial charge < -0.3 is 9.57 Å². The van der Waals surface area contributed by atoms with Crippen molar-refractivity contribution < 1.29 is 14.4 Å². The van der Waals surface area contributed by atoms with E-state index < -0.39 is 0 Å². The van der Waals surface area contributed by atoms with Crippen LogP contribution in [0.15, 0.2) is 60.1 Å². The molecule has 29 heavy (non-hydrogen) atoms. The normalized spacial score (nSPS) is 18.5. The van der Waals surface area contributed by atoms with Gasteiger partial charge >= 0.3 is 6.09 Å². The zero-order valence-electron chi connectivity index (χ0n) is 15.5. The van der Waals surface area contributed by atoms with E-state index in [1.165, 1.54) is 0 Å². The second-order valence-electron chi connectivity index (χ2n) is 6.84. The maximum atomic E-state index is 12.3. The number of nitrogens with zero attached hydrogens (tertiary/aromatic N) is 6. The van der Waals surface area contributed by atoms with Gasteiger partial charge in [0.1, 0.15) is 18.4 Å². The first-order chi connectivity index (χ1) is 14.3. The van der Waals surface area contributed by atoms with E-state index in [1.54, 1.807) is 22.0 Å². The van der Waals surface area contributed by atoms with Crippen LogP contribution in [0.4, 0.5) is 10.5 Å². The molecule has 4 heterocycles. The Morgan fingerprint density at radius 2 is 1.97 bits per heavy atom. The molecule has 0 saturated carbocycles. The minimum absolute atomic E-state index is 0.261. The molecule has 3 aromatic rings. The number of amides is 1. The van der Waals surface area contributed by atoms with Crippen molar-refractivity contribution in [3.05, 3.63) is 60.7 Å². The third kappa shape index (κ3) is 3.54. The zero-order chi connectivity index (χ0) is 19.6. The molecular weight excluding hydrogens is 372 g/mol. The standard InChI is InChI=1S/C20H18N6O3/c27-20-26(13-17(29-20)12-25-9-8-22-24-25)16-4-1-14(2-5-16)15-3-6-18(21-11-15)19-7-10-28-23-19/h1-6,8-9,11,17H,7,10,12-13H2. The van der Waals surface area contributed by atoms with E-state index in [-0.39, 0.29) is 12.2 Å². The summed E-state index contributed by atoms with van der Waals surface area (Å²) in [6.45, 7) is 1.56. The molecule has 0 aliphatic carbocycles. The fraction of sp³-hybridized carbons (Fsp3) is 0.250. The molecule has 9 nitrogen and oxygen atoms in total. The van der Waals surface area contributed by atoms with Crippen LogP contribution in [0.25, 0.3) is 11.1 Å². The molecular formula is C20H18N6O3. The molecule has 1 aromatic carbocycles. The lowest BCUT2D eigenvalue weighted by Crippen LogP contribution is -2.26. The van der Waals surface area contributed by atoms with Gasteiger partial charge in [0.2, 0.25) is 0 Å². The molecule has 0 N–H and O–H groups in total. The summed E-state index contributed by atoms with van der Waals surface area (Å²) in [6.07, 6.45) is 5.34. The Kier molecular flexibility index (Phi) is 4.39. The minimum Gasteiger partial charge on any atom is -0.442 e. The number of aromatic nitrogens is 4. The maximum Gasteiger partial charge on any atom is 0.414 e. The highest BCUT2D eigenvalue weighted by Crippen LogP contribution is 2.26. The summed E-state index contributed by atoms with van der Waals surface area (Å²) in [5.41, 5.74) is 4.51. The maximum absolute atomic E-state index is 12.3. The van der Waals surface area contributed by atoms with Crippen molar-refractivity contribution in [1.29, 1.82) is 0 Å². The van der Waals surface area contributed by atoms with Gasteiger partial charge in [-0.2, -0.15) is 0 Å². The Labute approximate surface area is 166 Å². The van der Waals surface area contributed by atoms with Crippen LogP contribution in [0.3, 0.4) is 0 Å². The van der Waals surface area contributed by atoms with Crippen molar-refractivity contribution in [3.8, 4) is 11.1 Å². The van der Waals surface area contributed by atoms with Crippen LogP contribution in [-0.2, 0) is 16.1 Å². The molecule has 1 unspecified atom stereocenters. The molecule has 1 amide bonds. The lowest BCUT2D eigenvalue weighted by atomic mass is 10.1. The van der Waals surface area contributed by atoms with Crippen LogP contribution in [0.1, 0.15) is 12.1 Å². The van der Waals surface area contributed by atoms with Gasteiger partial charge in [-0.15, -0.1) is 5.10 Å². The average Bonchev–Trinajstić information content (AvgIpc) is 3.51. The van der Waals surface area contributed by atoms with Crippen LogP contribution in [-0.4, -0.2) is 51.0 Å². The Morgan fingerprint density at radius 3 is 2.66 bits per heavy atom. The molecule has 2 aliphatic rings. The van der Waals surface area contributed by atoms with E-state index in [9.17, 15) is 4.79 Å². The van der Waals surface area contributed by atoms with Crippen molar-refractivity contribution in [3.63, 3.8) is 0 Å². The summed E-state index contributed by atoms with van der Waals surface area (Å²) in [7, 11) is 0. The van der Waals surface area contributed by atoms with Crippen molar-refractivity contribution in [2.24, 2.45) is 5.16 Å². The first kappa shape index (κ1) is 17.4. The number of hydrogen-bond donors (Lipinski definition) is 0. The molecule has 0 bridgehead atoms. The van der Waals surface area contributed by atoms with E-state index in [4.69, 9.17) is 9.57 Å². The predicted octanol–water partition coefficient (Wildman–Crippen LogP) is 2.49. The predicted molar refractivity (Wildman–Crippen MR) is 104 cm³/mol. The van der Waals surface area contributed by atoms with E-state index >= 15 is 0 Å². The first-order valence-electron chi connectivity index (χ1n) is 9.34. The fourth-order valence-corrected chi connectivity index (χ4v) is 3.42. The average molecular weight is 390 g/mol. The highest BCUT2D eigenvalue weighted by molar-refractivity contribution is 5.99. The van der Waals surface area contributed by atoms with Crippen LogP contribution >= 0.6 is 0 Å². The molecule has 1 atom stereocenters. The third-order valence-corrected chi connectivity index (χ3v) is 4.91. The second kappa shape index (κ2) is 7.34. The van der Waals surface area contributed by atoms with Gasteiger partial charge in [0, 0.05) is 30.1 Å². The number of carbonyl (C=O) groups is 1. The van der Waals surface area contributed by atoms with Crippen LogP contribution in [0.5, 0.6) is 0 Å². The summed E-state index contributed by atoms with van der Waals surface area (Å²) in [5.74, 6) is 0. The number of pyridine rings is 1. The monoisotopic (exact) mass is 390 g/mol. The lowest BCUT2D eigenvalue weighted by molar-refractivity contribution is 0.129. The first-order valence-corrected chi connectivity index (χ1v) is 9.34. The zero-order valence-corrected chi connectivity index (χ0v) is 15.5. The molecule has 0 radical (unpaired) electrons. The minimum atomic E-state index is -0.353. The molecule has 1 saturated heterocycles. The van der Waals surface area contributed by atoms with E-state index in [1.807, 2.05) is 42.6 Å². The van der Waals surface area contributed by atoms with E-state index in [2.05, 4.69) is 20.5 Å². The Morgan fingerprint density at radius 1 is 1.10 bits per heavy atom. The lowest BCUT2D eigenvalue weighted by Gasteiger charge is -2.13. The van der Waals surface area contributed by atoms with Crippen LogP contribution in [0, 0.1) is 0 Å². The molecule has 5 rings (SSSR count). The van der Waals surface area contributed by atoms with Gasteiger partial charge in [-0.3, -0.25) is 9.88 Å². The summed E-state index contributed by atoms with van der Waals surface area (Å²) in [4.78, 5) is 23.4. The summed E-state index contributed by atoms with van der Waals surface area (Å²) in [6, 6.07) is 11.7. The topological polar surface area (TPSA) is 94.7 Å². The number of oxime groups is 1. The van der Waals surface area contributed by atoms with Crippen molar-refractivity contribution in [2.45, 2.75) is 19.1 Å². The number of benzene rings is 1. The van der Waals surface area contributed by atoms with E-state index in [0.29, 0.717) is 19.7 Å². The quantitative estimate of drug-likeness (QED) is 0.664. The smallest absolute Gasteiger partial charge is 0.414 e. The highest BCUT2D eigenvalue weighted by Gasteiger charge is 2.32. The summed E-state index contributed by atoms with van der Waals surface area (Å²) < 4.78 is 7.10. The summed E-state index contributed by atoms with van der Waals surface area (Å²) >= 11 is 0. The van der Waals surface area contributed by atoms with E-state index in [0.717, 1.165) is 34.6 Å². The fourth-order valence-electron chi connectivity index (χ4n) is 3.42. The number of hydrogen-bond acceptors (Lipinski definition) is 7. The van der Waals surface area contributed by atoms with Crippen molar-refractivity contribution in [2.75, 3.05) is 18.1 Å². The van der Waals surface area contributed by atoms with Gasteiger partial charge in [0.05, 0.1) is 25.0 Å². The van der Waals surface area contributed by atoms with Gasteiger partial charge in [-0.05, 0) is 23.8 Å². The molecule has 146 valence electrons.